The third-order valence-electron chi connectivity index (χ3n) is 14.4. The number of hydrazone groups is 1. The number of carbonyl (C=O) groups excluding carboxylic acids is 5. The second kappa shape index (κ2) is 37.8. The summed E-state index contributed by atoms with van der Waals surface area (Å²) in [7, 11) is 0. The minimum atomic E-state index is -0.494. The molecule has 0 unspecified atom stereocenters. The Morgan fingerprint density at radius 2 is 1.01 bits per heavy atom. The lowest BCUT2D eigenvalue weighted by Gasteiger charge is -2.27. The highest BCUT2D eigenvalue weighted by Gasteiger charge is 2.33. The van der Waals surface area contributed by atoms with Crippen LogP contribution in [-0.2, 0) is 52.4 Å². The predicted molar refractivity (Wildman–Crippen MR) is 328 cm³/mol. The van der Waals surface area contributed by atoms with Gasteiger partial charge in [0.05, 0.1) is 93.6 Å². The second-order valence-electron chi connectivity index (χ2n) is 20.8. The highest BCUT2D eigenvalue weighted by Crippen LogP contribution is 2.35. The summed E-state index contributed by atoms with van der Waals surface area (Å²) in [4.78, 5) is 67.6. The molecule has 468 valence electrons. The number of aromatic nitrogens is 1. The highest BCUT2D eigenvalue weighted by molar-refractivity contribution is 7.22. The molecule has 0 atom stereocenters. The van der Waals surface area contributed by atoms with Crippen LogP contribution in [0.15, 0.2) is 121 Å². The van der Waals surface area contributed by atoms with Gasteiger partial charge in [-0.15, -0.1) is 0 Å². The van der Waals surface area contributed by atoms with E-state index < -0.39 is 17.9 Å². The maximum absolute atomic E-state index is 14.0. The van der Waals surface area contributed by atoms with E-state index in [0.717, 1.165) is 66.0 Å². The highest BCUT2D eigenvalue weighted by atomic mass is 32.1. The van der Waals surface area contributed by atoms with Gasteiger partial charge >= 0.3 is 29.8 Å². The molecule has 0 bridgehead atoms. The molecule has 1 aromatic heterocycles. The van der Waals surface area contributed by atoms with Crippen LogP contribution < -0.4 is 33.4 Å². The Kier molecular flexibility index (Phi) is 29.0. The van der Waals surface area contributed by atoms with Crippen LogP contribution in [0.1, 0.15) is 89.5 Å². The molecule has 87 heavy (non-hydrogen) atoms. The van der Waals surface area contributed by atoms with Gasteiger partial charge in [0.1, 0.15) is 60.9 Å². The zero-order valence-electron chi connectivity index (χ0n) is 49.7. The number of esters is 5. The van der Waals surface area contributed by atoms with Gasteiger partial charge in [0.2, 0.25) is 5.13 Å². The van der Waals surface area contributed by atoms with Gasteiger partial charge < -0.3 is 56.8 Å². The molecule has 0 amide bonds. The van der Waals surface area contributed by atoms with Crippen molar-refractivity contribution in [3.05, 3.63) is 122 Å². The Labute approximate surface area is 513 Å². The van der Waals surface area contributed by atoms with Crippen LogP contribution in [0.25, 0.3) is 10.2 Å². The summed E-state index contributed by atoms with van der Waals surface area (Å²) in [5, 5.41) is 7.67. The number of hydrogen-bond acceptors (Lipinski definition) is 21. The Morgan fingerprint density at radius 3 is 1.53 bits per heavy atom. The largest absolute Gasteiger partial charge is 0.493 e. The Balaban J connectivity index is 0.871. The van der Waals surface area contributed by atoms with E-state index in [4.69, 9.17) is 66.9 Å². The summed E-state index contributed by atoms with van der Waals surface area (Å²) in [5.41, 5.74) is 1.46. The molecule has 5 aromatic rings. The zero-order chi connectivity index (χ0) is 61.3. The normalized spacial score (nSPS) is 16.6. The van der Waals surface area contributed by atoms with Crippen molar-refractivity contribution in [1.29, 1.82) is 0 Å². The molecule has 0 radical (unpaired) electrons. The van der Waals surface area contributed by atoms with Crippen LogP contribution in [0.5, 0.6) is 34.5 Å². The number of hydrogen-bond donors (Lipinski definition) is 0. The van der Waals surface area contributed by atoms with Crippen molar-refractivity contribution in [3.8, 4) is 34.5 Å². The van der Waals surface area contributed by atoms with Gasteiger partial charge in [0, 0.05) is 24.3 Å². The molecule has 0 spiro atoms. The summed E-state index contributed by atoms with van der Waals surface area (Å²) >= 11 is 1.57. The maximum atomic E-state index is 14.0. The standard InChI is InChI=1S/C66H81N3O17S/c1-4-7-8-11-32-69(66-68-58-12-9-10-13-60(58)87-66)67-46-52-45-57(83-47-48-14-16-49(17-15-48)63(72)84-55-26-22-53(23-27-55)79-41-37-75-33-35-77-39-43-81-61(70)5-2)30-31-59(52)86-65(74)51-20-18-50(19-21-51)64(73)85-56-28-24-54(25-29-56)80-42-38-76-34-36-78-40-44-82-62(71)6-3/h5-6,9-10,12-13,22-31,45-46,48-51H,2-4,7-8,11,14-21,32-44,47H2,1H3/b67-46+. The molecule has 20 nitrogen and oxygen atoms in total. The van der Waals surface area contributed by atoms with Crippen molar-refractivity contribution in [2.75, 3.05) is 97.4 Å². The van der Waals surface area contributed by atoms with Crippen molar-refractivity contribution in [1.82, 2.24) is 4.98 Å². The number of para-hydroxylation sites is 1. The van der Waals surface area contributed by atoms with Gasteiger partial charge in [-0.25, -0.2) is 19.6 Å². The number of ether oxygens (including phenoxy) is 12. The number of benzene rings is 4. The van der Waals surface area contributed by atoms with E-state index in [1.54, 1.807) is 78.2 Å². The number of thiazole rings is 1. The number of nitrogens with zero attached hydrogens (tertiary/aromatic N) is 3. The van der Waals surface area contributed by atoms with Crippen LogP contribution in [0, 0.1) is 23.7 Å². The van der Waals surface area contributed by atoms with Crippen molar-refractivity contribution in [2.24, 2.45) is 28.8 Å². The van der Waals surface area contributed by atoms with E-state index in [9.17, 15) is 24.0 Å². The summed E-state index contributed by atoms with van der Waals surface area (Å²) in [6.07, 6.45) is 12.8. The Hall–Kier alpha value is -7.69. The monoisotopic (exact) mass is 1220 g/mol. The topological polar surface area (TPSA) is 225 Å². The molecule has 2 aliphatic rings. The van der Waals surface area contributed by atoms with Gasteiger partial charge in [-0.05, 0) is 143 Å². The Morgan fingerprint density at radius 1 is 0.540 bits per heavy atom. The molecule has 0 saturated heterocycles. The predicted octanol–water partition coefficient (Wildman–Crippen LogP) is 11.1. The van der Waals surface area contributed by atoms with E-state index in [-0.39, 0.29) is 62.1 Å². The number of unbranched alkanes of at least 4 members (excludes halogenated alkanes) is 3. The molecule has 2 saturated carbocycles. The average molecular weight is 1220 g/mol. The van der Waals surface area contributed by atoms with Crippen LogP contribution in [0.4, 0.5) is 5.13 Å². The average Bonchev–Trinajstić information content (AvgIpc) is 3.58. The summed E-state index contributed by atoms with van der Waals surface area (Å²) in [6.45, 7) is 13.5. The van der Waals surface area contributed by atoms with Gasteiger partial charge in [0.15, 0.2) is 0 Å². The zero-order valence-corrected chi connectivity index (χ0v) is 50.5. The molecule has 4 aromatic carbocycles. The lowest BCUT2D eigenvalue weighted by atomic mass is 9.82. The fourth-order valence-corrected chi connectivity index (χ4v) is 10.5. The molecule has 7 rings (SSSR count). The first-order chi connectivity index (χ1) is 42.6. The van der Waals surface area contributed by atoms with Gasteiger partial charge in [-0.3, -0.25) is 14.4 Å². The molecule has 1 heterocycles. The maximum Gasteiger partial charge on any atom is 0.330 e. The molecule has 2 fully saturated rings. The van der Waals surface area contributed by atoms with E-state index in [0.29, 0.717) is 145 Å². The summed E-state index contributed by atoms with van der Waals surface area (Å²) in [5.74, 6) is 0.176. The number of carbonyl (C=O) groups is 5. The third kappa shape index (κ3) is 23.8. The fraction of sp³-hybridized carbons (Fsp3) is 0.470. The van der Waals surface area contributed by atoms with E-state index in [1.807, 2.05) is 35.3 Å². The summed E-state index contributed by atoms with van der Waals surface area (Å²) < 4.78 is 68.2. The van der Waals surface area contributed by atoms with E-state index in [1.165, 1.54) is 0 Å². The number of rotatable bonds is 39. The quantitative estimate of drug-likeness (QED) is 0.00890. The minimum Gasteiger partial charge on any atom is -0.493 e. The summed E-state index contributed by atoms with van der Waals surface area (Å²) in [6, 6.07) is 27.1. The van der Waals surface area contributed by atoms with Gasteiger partial charge in [-0.1, -0.05) is 62.8 Å². The van der Waals surface area contributed by atoms with Crippen molar-refractivity contribution >= 4 is 62.7 Å². The second-order valence-corrected chi connectivity index (χ2v) is 21.8. The molecule has 21 heteroatoms. The van der Waals surface area contributed by atoms with Crippen LogP contribution >= 0.6 is 11.3 Å². The first kappa shape index (κ1) is 66.8. The van der Waals surface area contributed by atoms with E-state index in [2.05, 4.69) is 20.1 Å². The lowest BCUT2D eigenvalue weighted by Crippen LogP contribution is -2.30. The van der Waals surface area contributed by atoms with Gasteiger partial charge in [0.25, 0.3) is 0 Å². The molecule has 2 aliphatic carbocycles. The molecular formula is C66H81N3O17S. The molecular weight excluding hydrogens is 1140 g/mol. The van der Waals surface area contributed by atoms with E-state index >= 15 is 0 Å². The van der Waals surface area contributed by atoms with Crippen molar-refractivity contribution in [3.63, 3.8) is 0 Å². The number of fused-ring (bicyclic) bond motifs is 1. The van der Waals surface area contributed by atoms with Crippen molar-refractivity contribution < 1.29 is 80.8 Å². The van der Waals surface area contributed by atoms with Gasteiger partial charge in [-0.2, -0.15) is 5.10 Å². The van der Waals surface area contributed by atoms with Crippen LogP contribution in [0.2, 0.25) is 0 Å². The third-order valence-corrected chi connectivity index (χ3v) is 15.5. The SMILES string of the molecule is C=CC(=O)OCCOCCOCCOc1ccc(OC(=O)C2CCC(COc3ccc(OC(=O)C4CCC(C(=O)Oc5ccc(OCCOCCOCCOC(=O)C=C)cc5)CC4)c(/C=N/N(CCCCCC)c4nc5ccccc5s4)c3)CC2)cc1. The first-order valence-corrected chi connectivity index (χ1v) is 30.8. The smallest absolute Gasteiger partial charge is 0.330 e. The number of anilines is 1. The van der Waals surface area contributed by atoms with Crippen LogP contribution in [-0.4, -0.2) is 133 Å². The Bertz CT molecular complexity index is 2920. The first-order valence-electron chi connectivity index (χ1n) is 30.0. The van der Waals surface area contributed by atoms with Crippen LogP contribution in [0.3, 0.4) is 0 Å². The molecule has 0 N–H and O–H groups in total. The lowest BCUT2D eigenvalue weighted by molar-refractivity contribution is -0.145. The van der Waals surface area contributed by atoms with Crippen molar-refractivity contribution in [2.45, 2.75) is 84.0 Å². The molecule has 0 aliphatic heterocycles. The fourth-order valence-electron chi connectivity index (χ4n) is 9.55. The minimum absolute atomic E-state index is 0.145.